The van der Waals surface area contributed by atoms with Crippen molar-refractivity contribution in [2.45, 2.75) is 20.8 Å². The van der Waals surface area contributed by atoms with Crippen molar-refractivity contribution < 1.29 is 19.2 Å². The third-order valence-corrected chi connectivity index (χ3v) is 2.52. The van der Waals surface area contributed by atoms with Gasteiger partial charge in [0, 0.05) is 12.1 Å². The van der Waals surface area contributed by atoms with Gasteiger partial charge in [0.1, 0.15) is 0 Å². The Bertz CT molecular complexity index is 540. The molecule has 0 unspecified atom stereocenters. The first kappa shape index (κ1) is 15.6. The highest BCUT2D eigenvalue weighted by Crippen LogP contribution is 2.21. The Morgan fingerprint density at radius 1 is 1.40 bits per heavy atom. The molecule has 0 aliphatic carbocycles. The number of carbonyl (C=O) groups excluding carboxylic acids is 2. The minimum atomic E-state index is -0.548. The zero-order valence-electron chi connectivity index (χ0n) is 11.5. The number of amides is 1. The molecule has 108 valence electrons. The molecule has 0 aromatic heterocycles. The Balaban J connectivity index is 2.68. The number of nitro benzene ring substituents is 1. The van der Waals surface area contributed by atoms with E-state index in [1.54, 1.807) is 20.8 Å². The molecule has 1 N–H and O–H groups in total. The van der Waals surface area contributed by atoms with Crippen molar-refractivity contribution in [2.24, 2.45) is 5.92 Å². The highest BCUT2D eigenvalue weighted by molar-refractivity contribution is 5.93. The summed E-state index contributed by atoms with van der Waals surface area (Å²) in [5.74, 6) is -1.33. The lowest BCUT2D eigenvalue weighted by Crippen LogP contribution is -2.23. The van der Waals surface area contributed by atoms with Crippen LogP contribution in [0.4, 0.5) is 11.4 Å². The van der Waals surface area contributed by atoms with Crippen LogP contribution >= 0.6 is 0 Å². The number of non-ortho nitro benzene ring substituents is 1. The number of hydrogen-bond acceptors (Lipinski definition) is 5. The van der Waals surface area contributed by atoms with E-state index >= 15 is 0 Å². The molecule has 0 fully saturated rings. The van der Waals surface area contributed by atoms with Gasteiger partial charge >= 0.3 is 5.97 Å². The summed E-state index contributed by atoms with van der Waals surface area (Å²) in [4.78, 5) is 32.9. The highest BCUT2D eigenvalue weighted by atomic mass is 16.6. The number of nitro groups is 1. The molecule has 0 saturated heterocycles. The maximum atomic E-state index is 11.6. The lowest BCUT2D eigenvalue weighted by molar-refractivity contribution is -0.384. The highest BCUT2D eigenvalue weighted by Gasteiger charge is 2.14. The lowest BCUT2D eigenvalue weighted by atomic mass is 10.2. The van der Waals surface area contributed by atoms with E-state index in [2.05, 4.69) is 5.32 Å². The number of anilines is 1. The van der Waals surface area contributed by atoms with Gasteiger partial charge in [-0.1, -0.05) is 19.9 Å². The Morgan fingerprint density at radius 3 is 2.60 bits per heavy atom. The molecule has 0 bridgehead atoms. The SMILES string of the molecule is Cc1ccc([N+](=O)[O-])cc1NC(=O)COC(=O)C(C)C. The number of nitrogens with one attached hydrogen (secondary N) is 1. The average molecular weight is 280 g/mol. The number of esters is 1. The number of nitrogens with zero attached hydrogens (tertiary/aromatic N) is 1. The summed E-state index contributed by atoms with van der Waals surface area (Å²) in [7, 11) is 0. The molecule has 1 rings (SSSR count). The number of hydrogen-bond donors (Lipinski definition) is 1. The van der Waals surface area contributed by atoms with Crippen LogP contribution in [-0.2, 0) is 14.3 Å². The summed E-state index contributed by atoms with van der Waals surface area (Å²) >= 11 is 0. The van der Waals surface area contributed by atoms with E-state index in [0.29, 0.717) is 11.3 Å². The number of benzene rings is 1. The second-order valence-electron chi connectivity index (χ2n) is 4.57. The molecule has 0 atom stereocenters. The number of rotatable bonds is 5. The standard InChI is InChI=1S/C13H16N2O5/c1-8(2)13(17)20-7-12(16)14-11-6-10(15(18)19)5-4-9(11)3/h4-6,8H,7H2,1-3H3,(H,14,16). The van der Waals surface area contributed by atoms with Crippen molar-refractivity contribution >= 4 is 23.3 Å². The van der Waals surface area contributed by atoms with Crippen molar-refractivity contribution in [1.82, 2.24) is 0 Å². The van der Waals surface area contributed by atoms with E-state index < -0.39 is 23.4 Å². The van der Waals surface area contributed by atoms with Crippen molar-refractivity contribution in [3.05, 3.63) is 33.9 Å². The Morgan fingerprint density at radius 2 is 2.05 bits per heavy atom. The molecule has 0 aliphatic rings. The van der Waals surface area contributed by atoms with Gasteiger partial charge in [-0.15, -0.1) is 0 Å². The van der Waals surface area contributed by atoms with E-state index in [0.717, 1.165) is 0 Å². The fourth-order valence-electron chi connectivity index (χ4n) is 1.35. The zero-order valence-corrected chi connectivity index (χ0v) is 11.5. The van der Waals surface area contributed by atoms with E-state index in [4.69, 9.17) is 4.74 Å². The third kappa shape index (κ3) is 4.34. The summed E-state index contributed by atoms with van der Waals surface area (Å²) in [6, 6.07) is 4.15. The molecule has 7 heteroatoms. The molecular weight excluding hydrogens is 264 g/mol. The molecule has 0 aliphatic heterocycles. The topological polar surface area (TPSA) is 98.5 Å². The van der Waals surface area contributed by atoms with Gasteiger partial charge in [-0.05, 0) is 12.5 Å². The van der Waals surface area contributed by atoms with Gasteiger partial charge in [0.25, 0.3) is 11.6 Å². The fourth-order valence-corrected chi connectivity index (χ4v) is 1.35. The second kappa shape index (κ2) is 6.65. The minimum Gasteiger partial charge on any atom is -0.455 e. The Kier molecular flexibility index (Phi) is 5.19. The van der Waals surface area contributed by atoms with Crippen LogP contribution in [0.1, 0.15) is 19.4 Å². The van der Waals surface area contributed by atoms with Crippen LogP contribution < -0.4 is 5.32 Å². The molecule has 7 nitrogen and oxygen atoms in total. The zero-order chi connectivity index (χ0) is 15.3. The summed E-state index contributed by atoms with van der Waals surface area (Å²) in [6.07, 6.45) is 0. The molecule has 0 heterocycles. The molecular formula is C13H16N2O5. The van der Waals surface area contributed by atoms with E-state index in [9.17, 15) is 19.7 Å². The van der Waals surface area contributed by atoms with Crippen LogP contribution in [0.3, 0.4) is 0 Å². The van der Waals surface area contributed by atoms with Crippen LogP contribution in [0.2, 0.25) is 0 Å². The summed E-state index contributed by atoms with van der Waals surface area (Å²) in [5.41, 5.74) is 0.883. The summed E-state index contributed by atoms with van der Waals surface area (Å²) in [5, 5.41) is 13.1. The number of ether oxygens (including phenoxy) is 1. The monoisotopic (exact) mass is 280 g/mol. The van der Waals surface area contributed by atoms with E-state index in [-0.39, 0.29) is 11.6 Å². The van der Waals surface area contributed by atoms with Crippen LogP contribution in [0.15, 0.2) is 18.2 Å². The largest absolute Gasteiger partial charge is 0.455 e. The van der Waals surface area contributed by atoms with Gasteiger partial charge in [0.15, 0.2) is 6.61 Å². The maximum Gasteiger partial charge on any atom is 0.308 e. The van der Waals surface area contributed by atoms with Gasteiger partial charge in [0.2, 0.25) is 0 Å². The molecule has 0 radical (unpaired) electrons. The Labute approximate surface area is 116 Å². The van der Waals surface area contributed by atoms with Gasteiger partial charge in [-0.3, -0.25) is 19.7 Å². The Hall–Kier alpha value is -2.44. The molecule has 1 amide bonds. The first-order valence-electron chi connectivity index (χ1n) is 6.02. The van der Waals surface area contributed by atoms with Crippen LogP contribution in [0, 0.1) is 23.0 Å². The van der Waals surface area contributed by atoms with Crippen molar-refractivity contribution in [2.75, 3.05) is 11.9 Å². The first-order chi connectivity index (χ1) is 9.31. The predicted molar refractivity (Wildman–Crippen MR) is 72.3 cm³/mol. The van der Waals surface area contributed by atoms with Crippen molar-refractivity contribution in [3.8, 4) is 0 Å². The summed E-state index contributed by atoms with van der Waals surface area (Å²) in [6.45, 7) is 4.61. The first-order valence-corrected chi connectivity index (χ1v) is 6.02. The fraction of sp³-hybridized carbons (Fsp3) is 0.385. The predicted octanol–water partition coefficient (Wildman–Crippen LogP) is 2.04. The molecule has 0 spiro atoms. The quantitative estimate of drug-likeness (QED) is 0.505. The average Bonchev–Trinajstić information content (AvgIpc) is 2.38. The minimum absolute atomic E-state index is 0.120. The molecule has 1 aromatic rings. The smallest absolute Gasteiger partial charge is 0.308 e. The van der Waals surface area contributed by atoms with Gasteiger partial charge in [-0.2, -0.15) is 0 Å². The number of carbonyl (C=O) groups is 2. The number of aryl methyl sites for hydroxylation is 1. The maximum absolute atomic E-state index is 11.6. The van der Waals surface area contributed by atoms with Crippen LogP contribution in [0.25, 0.3) is 0 Å². The van der Waals surface area contributed by atoms with Crippen LogP contribution in [0.5, 0.6) is 0 Å². The normalized spacial score (nSPS) is 10.2. The lowest BCUT2D eigenvalue weighted by Gasteiger charge is -2.09. The third-order valence-electron chi connectivity index (χ3n) is 2.52. The van der Waals surface area contributed by atoms with Gasteiger partial charge in [-0.25, -0.2) is 0 Å². The van der Waals surface area contributed by atoms with Crippen molar-refractivity contribution in [1.29, 1.82) is 0 Å². The van der Waals surface area contributed by atoms with Crippen LogP contribution in [-0.4, -0.2) is 23.4 Å². The van der Waals surface area contributed by atoms with E-state index in [1.807, 2.05) is 0 Å². The van der Waals surface area contributed by atoms with Crippen molar-refractivity contribution in [3.63, 3.8) is 0 Å². The van der Waals surface area contributed by atoms with Gasteiger partial charge in [0.05, 0.1) is 16.5 Å². The molecule has 0 saturated carbocycles. The molecule has 1 aromatic carbocycles. The molecule has 20 heavy (non-hydrogen) atoms. The van der Waals surface area contributed by atoms with E-state index in [1.165, 1.54) is 18.2 Å². The summed E-state index contributed by atoms with van der Waals surface area (Å²) < 4.78 is 4.77. The van der Waals surface area contributed by atoms with Gasteiger partial charge < -0.3 is 10.1 Å². The second-order valence-corrected chi connectivity index (χ2v) is 4.57.